The maximum Gasteiger partial charge on any atom is 0.242 e. The van der Waals surface area contributed by atoms with Crippen LogP contribution in [0.5, 0.6) is 0 Å². The van der Waals surface area contributed by atoms with Crippen molar-refractivity contribution in [1.29, 1.82) is 0 Å². The zero-order valence-corrected chi connectivity index (χ0v) is 13.2. The summed E-state index contributed by atoms with van der Waals surface area (Å²) in [5.74, 6) is 0.0872. The molecule has 2 fully saturated rings. The summed E-state index contributed by atoms with van der Waals surface area (Å²) in [4.78, 5) is 26.5. The molecule has 0 aromatic heterocycles. The Labute approximate surface area is 127 Å². The van der Waals surface area contributed by atoms with Gasteiger partial charge in [-0.15, -0.1) is 0 Å². The highest BCUT2D eigenvalue weighted by Crippen LogP contribution is 2.39. The molecule has 1 unspecified atom stereocenters. The Morgan fingerprint density at radius 1 is 1.19 bits per heavy atom. The van der Waals surface area contributed by atoms with Gasteiger partial charge in [-0.05, 0) is 44.1 Å². The van der Waals surface area contributed by atoms with Crippen LogP contribution >= 0.6 is 0 Å². The van der Waals surface area contributed by atoms with Crippen molar-refractivity contribution >= 4 is 11.8 Å². The summed E-state index contributed by atoms with van der Waals surface area (Å²) in [7, 11) is 1.64. The number of likely N-dealkylation sites (N-methyl/N-ethyl adjacent to an activating group) is 1. The molecular formula is C16H29N3O2. The second-order valence-corrected chi connectivity index (χ2v) is 6.65. The maximum absolute atomic E-state index is 12.8. The topological polar surface area (TPSA) is 75.4 Å². The Kier molecular flexibility index (Phi) is 5.62. The second-order valence-electron chi connectivity index (χ2n) is 6.65. The number of amides is 2. The lowest BCUT2D eigenvalue weighted by atomic mass is 9.71. The fourth-order valence-corrected chi connectivity index (χ4v) is 3.85. The third-order valence-electron chi connectivity index (χ3n) is 5.25. The fraction of sp³-hybridized carbons (Fsp3) is 0.875. The normalized spacial score (nSPS) is 25.4. The van der Waals surface area contributed by atoms with E-state index in [0.29, 0.717) is 19.5 Å². The number of carbonyl (C=O) groups excluding carboxylic acids is 2. The SMILES string of the molecule is CNC(=O)C1CCCCN1C(=O)CC1(CN)CCCCC1. The molecule has 21 heavy (non-hydrogen) atoms. The molecule has 0 aromatic carbocycles. The van der Waals surface area contributed by atoms with Crippen molar-refractivity contribution in [2.75, 3.05) is 20.1 Å². The van der Waals surface area contributed by atoms with E-state index in [-0.39, 0.29) is 23.3 Å². The summed E-state index contributed by atoms with van der Waals surface area (Å²) in [5, 5.41) is 2.69. The van der Waals surface area contributed by atoms with E-state index in [1.54, 1.807) is 11.9 Å². The summed E-state index contributed by atoms with van der Waals surface area (Å²) in [5.41, 5.74) is 5.96. The van der Waals surface area contributed by atoms with Crippen LogP contribution in [0, 0.1) is 5.41 Å². The Hall–Kier alpha value is -1.10. The average molecular weight is 295 g/mol. The van der Waals surface area contributed by atoms with Crippen molar-refractivity contribution in [1.82, 2.24) is 10.2 Å². The lowest BCUT2D eigenvalue weighted by molar-refractivity contribution is -0.144. The molecule has 2 amide bonds. The lowest BCUT2D eigenvalue weighted by Crippen LogP contribution is -2.52. The molecule has 5 heteroatoms. The zero-order valence-electron chi connectivity index (χ0n) is 13.2. The van der Waals surface area contributed by atoms with E-state index in [0.717, 1.165) is 32.1 Å². The van der Waals surface area contributed by atoms with Crippen molar-refractivity contribution < 1.29 is 9.59 Å². The standard InChI is InChI=1S/C16H29N3O2/c1-18-15(21)13-7-3-6-10-19(13)14(20)11-16(12-17)8-4-2-5-9-16/h13H,2-12,17H2,1H3,(H,18,21). The van der Waals surface area contributed by atoms with Crippen LogP contribution < -0.4 is 11.1 Å². The predicted molar refractivity (Wildman–Crippen MR) is 82.6 cm³/mol. The predicted octanol–water partition coefficient (Wildman–Crippen LogP) is 1.41. The van der Waals surface area contributed by atoms with Gasteiger partial charge in [0.2, 0.25) is 11.8 Å². The van der Waals surface area contributed by atoms with E-state index >= 15 is 0 Å². The van der Waals surface area contributed by atoms with Crippen LogP contribution in [0.3, 0.4) is 0 Å². The first-order valence-electron chi connectivity index (χ1n) is 8.33. The summed E-state index contributed by atoms with van der Waals surface area (Å²) in [6.45, 7) is 1.29. The van der Waals surface area contributed by atoms with E-state index in [9.17, 15) is 9.59 Å². The number of rotatable bonds is 4. The van der Waals surface area contributed by atoms with Gasteiger partial charge in [0.05, 0.1) is 0 Å². The molecule has 1 atom stereocenters. The molecule has 120 valence electrons. The molecule has 1 heterocycles. The smallest absolute Gasteiger partial charge is 0.242 e. The molecule has 2 rings (SSSR count). The third kappa shape index (κ3) is 3.76. The number of piperidine rings is 1. The van der Waals surface area contributed by atoms with Crippen molar-refractivity contribution in [2.24, 2.45) is 11.1 Å². The van der Waals surface area contributed by atoms with Crippen LogP contribution in [0.4, 0.5) is 0 Å². The Morgan fingerprint density at radius 3 is 2.52 bits per heavy atom. The summed E-state index contributed by atoms with van der Waals surface area (Å²) >= 11 is 0. The first-order valence-corrected chi connectivity index (χ1v) is 8.33. The molecule has 0 spiro atoms. The number of likely N-dealkylation sites (tertiary alicyclic amines) is 1. The zero-order chi connectivity index (χ0) is 15.3. The van der Waals surface area contributed by atoms with Crippen LogP contribution in [0.1, 0.15) is 57.8 Å². The van der Waals surface area contributed by atoms with E-state index in [4.69, 9.17) is 5.73 Å². The number of nitrogens with zero attached hydrogens (tertiary/aromatic N) is 1. The fourth-order valence-electron chi connectivity index (χ4n) is 3.85. The third-order valence-corrected chi connectivity index (χ3v) is 5.25. The molecule has 1 aliphatic carbocycles. The van der Waals surface area contributed by atoms with Gasteiger partial charge in [-0.25, -0.2) is 0 Å². The maximum atomic E-state index is 12.8. The second kappa shape index (κ2) is 7.25. The summed E-state index contributed by atoms with van der Waals surface area (Å²) < 4.78 is 0. The van der Waals surface area contributed by atoms with E-state index < -0.39 is 0 Å². The Bertz CT molecular complexity index is 378. The highest BCUT2D eigenvalue weighted by atomic mass is 16.2. The van der Waals surface area contributed by atoms with Gasteiger partial charge in [0.25, 0.3) is 0 Å². The van der Waals surface area contributed by atoms with Crippen LogP contribution in [0.2, 0.25) is 0 Å². The molecule has 0 aromatic rings. The van der Waals surface area contributed by atoms with Crippen molar-refractivity contribution in [3.63, 3.8) is 0 Å². The monoisotopic (exact) mass is 295 g/mol. The van der Waals surface area contributed by atoms with Gasteiger partial charge >= 0.3 is 0 Å². The highest BCUT2D eigenvalue weighted by molar-refractivity contribution is 5.88. The molecule has 1 aliphatic heterocycles. The first kappa shape index (κ1) is 16.3. The molecule has 3 N–H and O–H groups in total. The highest BCUT2D eigenvalue weighted by Gasteiger charge is 2.38. The number of nitrogens with one attached hydrogen (secondary N) is 1. The number of carbonyl (C=O) groups is 2. The molecule has 1 saturated carbocycles. The van der Waals surface area contributed by atoms with Crippen LogP contribution in [0.15, 0.2) is 0 Å². The number of nitrogens with two attached hydrogens (primary N) is 1. The van der Waals surface area contributed by atoms with Crippen molar-refractivity contribution in [3.05, 3.63) is 0 Å². The van der Waals surface area contributed by atoms with Gasteiger partial charge in [-0.2, -0.15) is 0 Å². The van der Waals surface area contributed by atoms with Crippen molar-refractivity contribution in [2.45, 2.75) is 63.8 Å². The number of hydrogen-bond acceptors (Lipinski definition) is 3. The minimum Gasteiger partial charge on any atom is -0.357 e. The molecule has 0 radical (unpaired) electrons. The molecule has 5 nitrogen and oxygen atoms in total. The molecule has 1 saturated heterocycles. The van der Waals surface area contributed by atoms with Gasteiger partial charge in [-0.1, -0.05) is 19.3 Å². The van der Waals surface area contributed by atoms with Gasteiger partial charge in [0.1, 0.15) is 6.04 Å². The van der Waals surface area contributed by atoms with E-state index in [1.165, 1.54) is 19.3 Å². The minimum absolute atomic E-state index is 0.0278. The summed E-state index contributed by atoms with van der Waals surface area (Å²) in [6, 6.07) is -0.283. The van der Waals surface area contributed by atoms with E-state index in [1.807, 2.05) is 0 Å². The van der Waals surface area contributed by atoms with Gasteiger partial charge < -0.3 is 16.0 Å². The molecule has 2 aliphatic rings. The van der Waals surface area contributed by atoms with Crippen LogP contribution in [-0.2, 0) is 9.59 Å². The molecular weight excluding hydrogens is 266 g/mol. The largest absolute Gasteiger partial charge is 0.357 e. The average Bonchev–Trinajstić information content (AvgIpc) is 2.55. The van der Waals surface area contributed by atoms with Crippen LogP contribution in [-0.4, -0.2) is 42.9 Å². The van der Waals surface area contributed by atoms with Gasteiger partial charge in [0, 0.05) is 20.0 Å². The summed E-state index contributed by atoms with van der Waals surface area (Å²) in [6.07, 6.45) is 8.99. The molecule has 0 bridgehead atoms. The Balaban J connectivity index is 2.04. The number of hydrogen-bond donors (Lipinski definition) is 2. The first-order chi connectivity index (χ1) is 10.1. The quantitative estimate of drug-likeness (QED) is 0.823. The van der Waals surface area contributed by atoms with Crippen molar-refractivity contribution in [3.8, 4) is 0 Å². The van der Waals surface area contributed by atoms with Gasteiger partial charge in [0.15, 0.2) is 0 Å². The minimum atomic E-state index is -0.283. The van der Waals surface area contributed by atoms with Gasteiger partial charge in [-0.3, -0.25) is 9.59 Å². The van der Waals surface area contributed by atoms with Crippen LogP contribution in [0.25, 0.3) is 0 Å². The lowest BCUT2D eigenvalue weighted by Gasteiger charge is -2.40. The van der Waals surface area contributed by atoms with E-state index in [2.05, 4.69) is 5.32 Å². The Morgan fingerprint density at radius 2 is 1.90 bits per heavy atom.